The third-order valence-corrected chi connectivity index (χ3v) is 2.61. The molecule has 0 unspecified atom stereocenters. The third-order valence-electron chi connectivity index (χ3n) is 2.61. The molecule has 1 aromatic heterocycles. The topological polar surface area (TPSA) is 53.2 Å². The van der Waals surface area contributed by atoms with Gasteiger partial charge >= 0.3 is 5.69 Å². The van der Waals surface area contributed by atoms with Crippen molar-refractivity contribution in [3.63, 3.8) is 0 Å². The van der Waals surface area contributed by atoms with Crippen molar-refractivity contribution in [2.45, 2.75) is 6.92 Å². The molecule has 0 saturated heterocycles. The van der Waals surface area contributed by atoms with Crippen molar-refractivity contribution in [1.82, 2.24) is 9.13 Å². The fraction of sp³-hybridized carbons (Fsp3) is 0.400. The number of ether oxygens (including phenoxy) is 1. The maximum absolute atomic E-state index is 11.7. The number of hydrogen-bond donors (Lipinski definition) is 0. The molecule has 1 aliphatic rings. The summed E-state index contributed by atoms with van der Waals surface area (Å²) in [6.45, 7) is 2.24. The van der Waals surface area contributed by atoms with E-state index in [4.69, 9.17) is 4.74 Å². The summed E-state index contributed by atoms with van der Waals surface area (Å²) >= 11 is 0. The minimum Gasteiger partial charge on any atom is -0.482 e. The van der Waals surface area contributed by atoms with Crippen LogP contribution in [-0.2, 0) is 14.1 Å². The smallest absolute Gasteiger partial charge is 0.331 e. The Morgan fingerprint density at radius 3 is 2.60 bits per heavy atom. The van der Waals surface area contributed by atoms with Crippen LogP contribution in [0.15, 0.2) is 15.7 Å². The molecule has 5 nitrogen and oxygen atoms in total. The van der Waals surface area contributed by atoms with Gasteiger partial charge in [-0.15, -0.1) is 0 Å². The normalized spacial score (nSPS) is 14.2. The first-order chi connectivity index (χ1) is 7.04. The minimum absolute atomic E-state index is 0.264. The Balaban J connectivity index is 2.96. The summed E-state index contributed by atoms with van der Waals surface area (Å²) in [5.74, 6) is 0.264. The van der Waals surface area contributed by atoms with Gasteiger partial charge in [0.25, 0.3) is 5.56 Å². The van der Waals surface area contributed by atoms with Gasteiger partial charge in [0, 0.05) is 14.1 Å². The highest BCUT2D eigenvalue weighted by Gasteiger charge is 2.20. The molecule has 1 aliphatic heterocycles. The molecule has 0 spiro atoms. The summed E-state index contributed by atoms with van der Waals surface area (Å²) in [4.78, 5) is 23.4. The maximum atomic E-state index is 11.7. The van der Waals surface area contributed by atoms with E-state index in [2.05, 4.69) is 0 Å². The van der Waals surface area contributed by atoms with Gasteiger partial charge in [-0.3, -0.25) is 13.9 Å². The zero-order valence-electron chi connectivity index (χ0n) is 8.90. The highest BCUT2D eigenvalue weighted by molar-refractivity contribution is 5.67. The van der Waals surface area contributed by atoms with Gasteiger partial charge < -0.3 is 4.74 Å². The molecule has 0 N–H and O–H groups in total. The molecule has 0 fully saturated rings. The molecule has 0 saturated carbocycles. The van der Waals surface area contributed by atoms with Gasteiger partial charge in [0.15, 0.2) is 0 Å². The summed E-state index contributed by atoms with van der Waals surface area (Å²) in [6.07, 6.45) is 1.85. The standard InChI is InChI=1S/C10H12N2O3/c1-6-4-5-15-8-7(6)11(2)10(14)12(3)9(8)13/h4H,5H2,1-3H3. The minimum atomic E-state index is -0.374. The van der Waals surface area contributed by atoms with Crippen LogP contribution in [0.25, 0.3) is 5.57 Å². The molecular formula is C10H12N2O3. The molecule has 5 heteroatoms. The lowest BCUT2D eigenvalue weighted by Crippen LogP contribution is -2.40. The molecule has 0 radical (unpaired) electrons. The van der Waals surface area contributed by atoms with Crippen LogP contribution < -0.4 is 16.0 Å². The molecule has 80 valence electrons. The zero-order valence-corrected chi connectivity index (χ0v) is 8.90. The number of nitrogens with zero attached hydrogens (tertiary/aromatic N) is 2. The fourth-order valence-electron chi connectivity index (χ4n) is 1.73. The largest absolute Gasteiger partial charge is 0.482 e. The summed E-state index contributed by atoms with van der Waals surface area (Å²) < 4.78 is 7.76. The molecule has 0 amide bonds. The second-order valence-electron chi connectivity index (χ2n) is 3.58. The lowest BCUT2D eigenvalue weighted by molar-refractivity contribution is 0.341. The van der Waals surface area contributed by atoms with E-state index < -0.39 is 0 Å². The van der Waals surface area contributed by atoms with E-state index >= 15 is 0 Å². The monoisotopic (exact) mass is 208 g/mol. The van der Waals surface area contributed by atoms with Crippen molar-refractivity contribution in [3.05, 3.63) is 32.6 Å². The summed E-state index contributed by atoms with van der Waals surface area (Å²) in [7, 11) is 3.08. The molecule has 0 aromatic carbocycles. The number of rotatable bonds is 0. The van der Waals surface area contributed by atoms with Crippen molar-refractivity contribution in [2.75, 3.05) is 6.61 Å². The summed E-state index contributed by atoms with van der Waals surface area (Å²) in [6, 6.07) is 0. The van der Waals surface area contributed by atoms with Gasteiger partial charge in [0.2, 0.25) is 5.75 Å². The predicted molar refractivity (Wildman–Crippen MR) is 56.1 cm³/mol. The van der Waals surface area contributed by atoms with E-state index in [1.807, 2.05) is 13.0 Å². The van der Waals surface area contributed by atoms with Crippen molar-refractivity contribution >= 4 is 5.57 Å². The number of aromatic nitrogens is 2. The second-order valence-corrected chi connectivity index (χ2v) is 3.58. The second kappa shape index (κ2) is 3.12. The van der Waals surface area contributed by atoms with E-state index in [9.17, 15) is 9.59 Å². The quantitative estimate of drug-likeness (QED) is 0.597. The van der Waals surface area contributed by atoms with Crippen LogP contribution >= 0.6 is 0 Å². The summed E-state index contributed by atoms with van der Waals surface area (Å²) in [5, 5.41) is 0. The fourth-order valence-corrected chi connectivity index (χ4v) is 1.73. The number of allylic oxidation sites excluding steroid dienone is 1. The lowest BCUT2D eigenvalue weighted by atomic mass is 10.1. The van der Waals surface area contributed by atoms with Gasteiger partial charge in [-0.1, -0.05) is 0 Å². The van der Waals surface area contributed by atoms with E-state index in [1.54, 1.807) is 7.05 Å². The molecule has 0 atom stereocenters. The zero-order chi connectivity index (χ0) is 11.2. The lowest BCUT2D eigenvalue weighted by Gasteiger charge is -2.19. The van der Waals surface area contributed by atoms with Crippen LogP contribution in [0, 0.1) is 0 Å². The van der Waals surface area contributed by atoms with Gasteiger partial charge in [-0.2, -0.15) is 0 Å². The Kier molecular flexibility index (Phi) is 2.03. The van der Waals surface area contributed by atoms with Crippen molar-refractivity contribution in [3.8, 4) is 5.75 Å². The van der Waals surface area contributed by atoms with Crippen LogP contribution in [0.5, 0.6) is 5.75 Å². The first kappa shape index (κ1) is 9.76. The highest BCUT2D eigenvalue weighted by Crippen LogP contribution is 2.23. The first-order valence-electron chi connectivity index (χ1n) is 4.64. The van der Waals surface area contributed by atoms with Crippen LogP contribution in [0.4, 0.5) is 0 Å². The first-order valence-corrected chi connectivity index (χ1v) is 4.64. The van der Waals surface area contributed by atoms with Crippen LogP contribution in [0.3, 0.4) is 0 Å². The van der Waals surface area contributed by atoms with E-state index in [1.165, 1.54) is 11.6 Å². The molecule has 2 heterocycles. The Bertz CT molecular complexity index is 563. The molecular weight excluding hydrogens is 196 g/mol. The molecule has 1 aromatic rings. The van der Waals surface area contributed by atoms with Crippen LogP contribution in [0.1, 0.15) is 12.6 Å². The van der Waals surface area contributed by atoms with E-state index in [0.29, 0.717) is 12.3 Å². The van der Waals surface area contributed by atoms with E-state index in [-0.39, 0.29) is 17.0 Å². The molecule has 2 rings (SSSR count). The number of fused-ring (bicyclic) bond motifs is 1. The Morgan fingerprint density at radius 2 is 1.93 bits per heavy atom. The van der Waals surface area contributed by atoms with Gasteiger partial charge in [0.1, 0.15) is 6.61 Å². The van der Waals surface area contributed by atoms with Crippen LogP contribution in [-0.4, -0.2) is 15.7 Å². The van der Waals surface area contributed by atoms with Gasteiger partial charge in [0.05, 0.1) is 5.69 Å². The van der Waals surface area contributed by atoms with Crippen molar-refractivity contribution < 1.29 is 4.74 Å². The Labute approximate surface area is 86.2 Å². The Morgan fingerprint density at radius 1 is 1.27 bits per heavy atom. The average Bonchev–Trinajstić information content (AvgIpc) is 2.23. The SMILES string of the molecule is CC1=CCOc2c1n(C)c(=O)n(C)c2=O. The van der Waals surface area contributed by atoms with Gasteiger partial charge in [-0.25, -0.2) is 4.79 Å². The number of hydrogen-bond acceptors (Lipinski definition) is 3. The maximum Gasteiger partial charge on any atom is 0.331 e. The third kappa shape index (κ3) is 1.23. The average molecular weight is 208 g/mol. The Hall–Kier alpha value is -1.78. The molecule has 0 aliphatic carbocycles. The van der Waals surface area contributed by atoms with Gasteiger partial charge in [-0.05, 0) is 18.6 Å². The van der Waals surface area contributed by atoms with E-state index in [0.717, 1.165) is 10.1 Å². The predicted octanol–water partition coefficient (Wildman–Crippen LogP) is -0.120. The molecule has 15 heavy (non-hydrogen) atoms. The summed E-state index contributed by atoms with van der Waals surface area (Å²) in [5.41, 5.74) is 0.764. The van der Waals surface area contributed by atoms with Crippen molar-refractivity contribution in [1.29, 1.82) is 0 Å². The highest BCUT2D eigenvalue weighted by atomic mass is 16.5. The van der Waals surface area contributed by atoms with Crippen molar-refractivity contribution in [2.24, 2.45) is 14.1 Å². The van der Waals surface area contributed by atoms with Crippen LogP contribution in [0.2, 0.25) is 0 Å². The molecule has 0 bridgehead atoms.